The number of unbranched alkanes of at least 4 members (excludes halogenated alkanes) is 3. The molecule has 162 valence electrons. The van der Waals surface area contributed by atoms with E-state index in [2.05, 4.69) is 81.4 Å². The molecule has 2 aromatic rings. The molecule has 0 aliphatic carbocycles. The van der Waals surface area contributed by atoms with Crippen LogP contribution in [0.1, 0.15) is 53.4 Å². The van der Waals surface area contributed by atoms with Crippen LogP contribution in [0.3, 0.4) is 0 Å². The fourth-order valence-electron chi connectivity index (χ4n) is 3.90. The molecule has 0 amide bonds. The van der Waals surface area contributed by atoms with E-state index in [1.165, 1.54) is 16.4 Å². The van der Waals surface area contributed by atoms with E-state index in [0.717, 1.165) is 32.3 Å². The molecule has 0 heterocycles. The average Bonchev–Trinajstić information content (AvgIpc) is 2.73. The number of hydrogen-bond donors (Lipinski definition) is 0. The lowest BCUT2D eigenvalue weighted by atomic mass is 10.2. The molecule has 0 aromatic heterocycles. The highest BCUT2D eigenvalue weighted by molar-refractivity contribution is 6.99. The van der Waals surface area contributed by atoms with Gasteiger partial charge >= 0.3 is 5.97 Å². The molecule has 0 bridgehead atoms. The van der Waals surface area contributed by atoms with Gasteiger partial charge in [-0.25, -0.2) is 4.79 Å². The van der Waals surface area contributed by atoms with Crippen molar-refractivity contribution in [3.05, 3.63) is 72.8 Å². The number of ether oxygens (including phenoxy) is 1. The second kappa shape index (κ2) is 11.9. The van der Waals surface area contributed by atoms with Crippen LogP contribution in [0.15, 0.2) is 72.8 Å². The van der Waals surface area contributed by atoms with Crippen LogP contribution >= 0.6 is 0 Å². The molecule has 4 heteroatoms. The molecule has 30 heavy (non-hydrogen) atoms. The minimum atomic E-state index is -2.42. The van der Waals surface area contributed by atoms with Crippen molar-refractivity contribution in [3.8, 4) is 0 Å². The van der Waals surface area contributed by atoms with Gasteiger partial charge in [0, 0.05) is 12.7 Å². The van der Waals surface area contributed by atoms with Crippen molar-refractivity contribution in [2.45, 2.75) is 58.4 Å². The Kier molecular flexibility index (Phi) is 9.54. The van der Waals surface area contributed by atoms with Crippen molar-refractivity contribution >= 4 is 24.7 Å². The summed E-state index contributed by atoms with van der Waals surface area (Å²) in [6.07, 6.45) is 7.45. The largest absolute Gasteiger partial charge is 0.463 e. The first-order valence-corrected chi connectivity index (χ1v) is 12.9. The summed E-state index contributed by atoms with van der Waals surface area (Å²) >= 11 is 0. The Balaban J connectivity index is 2.04. The van der Waals surface area contributed by atoms with Gasteiger partial charge in [-0.2, -0.15) is 0 Å². The number of carbonyl (C=O) groups is 1. The van der Waals surface area contributed by atoms with Crippen molar-refractivity contribution in [1.82, 2.24) is 0 Å². The molecular formula is C26H36O3Si. The minimum absolute atomic E-state index is 0.0120. The third kappa shape index (κ3) is 6.41. The van der Waals surface area contributed by atoms with Crippen LogP contribution in [-0.4, -0.2) is 27.5 Å². The van der Waals surface area contributed by atoms with Crippen LogP contribution in [0.25, 0.3) is 0 Å². The summed E-state index contributed by atoms with van der Waals surface area (Å²) in [5.74, 6) is -0.257. The number of rotatable bonds is 11. The normalized spacial score (nSPS) is 12.3. The lowest BCUT2D eigenvalue weighted by Crippen LogP contribution is -2.66. The van der Waals surface area contributed by atoms with Gasteiger partial charge in [-0.05, 0) is 41.6 Å². The Labute approximate surface area is 183 Å². The van der Waals surface area contributed by atoms with Crippen LogP contribution < -0.4 is 10.4 Å². The molecule has 2 rings (SSSR count). The Bertz CT molecular complexity index is 739. The van der Waals surface area contributed by atoms with Gasteiger partial charge in [-0.15, -0.1) is 0 Å². The van der Waals surface area contributed by atoms with Gasteiger partial charge in [0.05, 0.1) is 6.61 Å². The zero-order valence-electron chi connectivity index (χ0n) is 18.9. The Morgan fingerprint density at radius 3 is 1.97 bits per heavy atom. The molecule has 0 fully saturated rings. The molecule has 0 spiro atoms. The summed E-state index contributed by atoms with van der Waals surface area (Å²) in [7, 11) is -2.42. The molecule has 0 saturated carbocycles. The van der Waals surface area contributed by atoms with Gasteiger partial charge in [0.15, 0.2) is 0 Å². The summed E-state index contributed by atoms with van der Waals surface area (Å²) < 4.78 is 11.8. The van der Waals surface area contributed by atoms with E-state index in [9.17, 15) is 4.79 Å². The maximum atomic E-state index is 11.3. The van der Waals surface area contributed by atoms with Crippen LogP contribution in [-0.2, 0) is 14.0 Å². The smallest absolute Gasteiger partial charge is 0.330 e. The van der Waals surface area contributed by atoms with E-state index in [1.54, 1.807) is 0 Å². The monoisotopic (exact) mass is 424 g/mol. The van der Waals surface area contributed by atoms with Crippen molar-refractivity contribution in [3.63, 3.8) is 0 Å². The fraction of sp³-hybridized carbons (Fsp3) is 0.423. The van der Waals surface area contributed by atoms with E-state index in [1.807, 2.05) is 13.0 Å². The second-order valence-electron chi connectivity index (χ2n) is 8.52. The molecule has 0 aliphatic rings. The van der Waals surface area contributed by atoms with E-state index >= 15 is 0 Å². The number of hydrogen-bond acceptors (Lipinski definition) is 3. The summed E-state index contributed by atoms with van der Waals surface area (Å²) in [6, 6.07) is 21.5. The molecule has 0 saturated heterocycles. The van der Waals surface area contributed by atoms with Gasteiger partial charge in [0.1, 0.15) is 0 Å². The highest BCUT2D eigenvalue weighted by atomic mass is 28.4. The van der Waals surface area contributed by atoms with Gasteiger partial charge in [0.25, 0.3) is 8.32 Å². The molecule has 0 atom stereocenters. The third-order valence-corrected chi connectivity index (χ3v) is 10.3. The summed E-state index contributed by atoms with van der Waals surface area (Å²) in [6.45, 7) is 9.90. The maximum Gasteiger partial charge on any atom is 0.330 e. The van der Waals surface area contributed by atoms with Crippen LogP contribution in [0, 0.1) is 0 Å². The zero-order chi connectivity index (χ0) is 21.9. The topological polar surface area (TPSA) is 35.5 Å². The highest BCUT2D eigenvalue weighted by Gasteiger charge is 2.49. The minimum Gasteiger partial charge on any atom is -0.463 e. The molecule has 0 aliphatic heterocycles. The van der Waals surface area contributed by atoms with Crippen LogP contribution in [0.4, 0.5) is 0 Å². The maximum absolute atomic E-state index is 11.3. The predicted molar refractivity (Wildman–Crippen MR) is 128 cm³/mol. The van der Waals surface area contributed by atoms with Gasteiger partial charge in [-0.3, -0.25) is 0 Å². The van der Waals surface area contributed by atoms with E-state index in [0.29, 0.717) is 6.61 Å². The lowest BCUT2D eigenvalue weighted by Gasteiger charge is -2.43. The zero-order valence-corrected chi connectivity index (χ0v) is 19.9. The number of carbonyl (C=O) groups excluding carboxylic acids is 1. The summed E-state index contributed by atoms with van der Waals surface area (Å²) in [4.78, 5) is 11.3. The molecular weight excluding hydrogens is 388 g/mol. The Morgan fingerprint density at radius 1 is 0.900 bits per heavy atom. The summed E-state index contributed by atoms with van der Waals surface area (Å²) in [5.41, 5.74) is 0. The van der Waals surface area contributed by atoms with Crippen molar-refractivity contribution in [2.75, 3.05) is 13.2 Å². The first-order valence-electron chi connectivity index (χ1n) is 11.0. The van der Waals surface area contributed by atoms with Crippen molar-refractivity contribution < 1.29 is 14.0 Å². The second-order valence-corrected chi connectivity index (χ2v) is 12.8. The molecule has 0 unspecified atom stereocenters. The van der Waals surface area contributed by atoms with E-state index in [4.69, 9.17) is 9.16 Å². The quantitative estimate of drug-likeness (QED) is 0.214. The SMILES string of the molecule is CCOC(=O)/C=C/CCCCCO[Si](c1ccccc1)(c1ccccc1)C(C)(C)C. The molecule has 0 radical (unpaired) electrons. The summed E-state index contributed by atoms with van der Waals surface area (Å²) in [5, 5.41) is 2.65. The first kappa shape index (κ1) is 24.1. The van der Waals surface area contributed by atoms with Crippen LogP contribution in [0.2, 0.25) is 5.04 Å². The molecule has 0 N–H and O–H groups in total. The van der Waals surface area contributed by atoms with Gasteiger partial charge in [0.2, 0.25) is 0 Å². The Morgan fingerprint density at radius 2 is 1.47 bits per heavy atom. The van der Waals surface area contributed by atoms with Crippen molar-refractivity contribution in [1.29, 1.82) is 0 Å². The van der Waals surface area contributed by atoms with E-state index < -0.39 is 8.32 Å². The lowest BCUT2D eigenvalue weighted by molar-refractivity contribution is -0.137. The van der Waals surface area contributed by atoms with Gasteiger partial charge < -0.3 is 9.16 Å². The van der Waals surface area contributed by atoms with Crippen LogP contribution in [0.5, 0.6) is 0 Å². The van der Waals surface area contributed by atoms with E-state index in [-0.39, 0.29) is 11.0 Å². The average molecular weight is 425 g/mol. The predicted octanol–water partition coefficient (Wildman–Crippen LogP) is 5.24. The van der Waals surface area contributed by atoms with Gasteiger partial charge in [-0.1, -0.05) is 93.9 Å². The fourth-order valence-corrected chi connectivity index (χ4v) is 8.50. The third-order valence-electron chi connectivity index (χ3n) is 5.29. The number of esters is 1. The number of allylic oxidation sites excluding steroid dienone is 1. The molecule has 2 aromatic carbocycles. The Hall–Kier alpha value is -2.17. The molecule has 3 nitrogen and oxygen atoms in total. The standard InChI is InChI=1S/C26H36O3Si/c1-5-28-25(27)21-15-7-6-8-16-22-29-30(26(2,3)4,23-17-11-9-12-18-23)24-19-13-10-14-20-24/h9-15,17-21H,5-8,16,22H2,1-4H3/b21-15+. The highest BCUT2D eigenvalue weighted by Crippen LogP contribution is 2.36. The first-order chi connectivity index (χ1) is 14.4. The number of benzene rings is 2. The van der Waals surface area contributed by atoms with Crippen molar-refractivity contribution in [2.24, 2.45) is 0 Å².